The molecular formula is C20H15ClF3N3O4. The number of para-hydroxylation sites is 2. The van der Waals surface area contributed by atoms with Crippen molar-refractivity contribution in [3.63, 3.8) is 0 Å². The standard InChI is InChI=1S/C20H15ClF3N3O4/c21-14-6-3-5-13(20(22,23)24)19(14)26-17(29)11-31-18(30)8-9-27-15-7-2-1-4-12(15)16(28)10-25-27/h1-7,10H,8-9,11H2,(H,26,29). The number of carbonyl (C=O) groups excluding carboxylic acids is 2. The molecule has 1 amide bonds. The van der Waals surface area contributed by atoms with Crippen LogP contribution in [0.5, 0.6) is 0 Å². The molecular weight excluding hydrogens is 439 g/mol. The Morgan fingerprint density at radius 2 is 1.87 bits per heavy atom. The van der Waals surface area contributed by atoms with Crippen LogP contribution in [0.1, 0.15) is 12.0 Å². The first-order chi connectivity index (χ1) is 14.7. The Hall–Kier alpha value is -3.40. The van der Waals surface area contributed by atoms with Crippen molar-refractivity contribution in [1.29, 1.82) is 0 Å². The summed E-state index contributed by atoms with van der Waals surface area (Å²) in [5.41, 5.74) is -1.46. The lowest BCUT2D eigenvalue weighted by Gasteiger charge is -2.15. The maximum Gasteiger partial charge on any atom is 0.418 e. The smallest absolute Gasteiger partial charge is 0.418 e. The number of esters is 1. The van der Waals surface area contributed by atoms with E-state index in [2.05, 4.69) is 5.10 Å². The Morgan fingerprint density at radius 3 is 2.61 bits per heavy atom. The number of rotatable bonds is 6. The number of amides is 1. The third-order valence-electron chi connectivity index (χ3n) is 4.24. The van der Waals surface area contributed by atoms with Crippen LogP contribution in [-0.4, -0.2) is 28.3 Å². The predicted octanol–water partition coefficient (Wildman–Crippen LogP) is 3.64. The van der Waals surface area contributed by atoms with Crippen molar-refractivity contribution in [2.45, 2.75) is 19.1 Å². The number of benzene rings is 2. The molecule has 0 aliphatic carbocycles. The van der Waals surface area contributed by atoms with E-state index in [0.29, 0.717) is 10.9 Å². The fourth-order valence-electron chi connectivity index (χ4n) is 2.82. The molecule has 1 aromatic heterocycles. The van der Waals surface area contributed by atoms with Crippen LogP contribution in [-0.2, 0) is 27.0 Å². The van der Waals surface area contributed by atoms with Gasteiger partial charge in [-0.1, -0.05) is 29.8 Å². The highest BCUT2D eigenvalue weighted by Crippen LogP contribution is 2.38. The quantitative estimate of drug-likeness (QED) is 0.575. The minimum absolute atomic E-state index is 0.0734. The fraction of sp³-hybridized carbons (Fsp3) is 0.200. The van der Waals surface area contributed by atoms with Crippen molar-refractivity contribution in [3.05, 3.63) is 69.5 Å². The number of hydrogen-bond acceptors (Lipinski definition) is 5. The van der Waals surface area contributed by atoms with Crippen molar-refractivity contribution in [1.82, 2.24) is 9.78 Å². The van der Waals surface area contributed by atoms with Crippen LogP contribution in [0.2, 0.25) is 5.02 Å². The van der Waals surface area contributed by atoms with Gasteiger partial charge in [0.1, 0.15) is 0 Å². The number of fused-ring (bicyclic) bond motifs is 1. The summed E-state index contributed by atoms with van der Waals surface area (Å²) in [5.74, 6) is -1.74. The lowest BCUT2D eigenvalue weighted by molar-refractivity contribution is -0.147. The predicted molar refractivity (Wildman–Crippen MR) is 107 cm³/mol. The monoisotopic (exact) mass is 453 g/mol. The van der Waals surface area contributed by atoms with Gasteiger partial charge in [0.25, 0.3) is 5.91 Å². The van der Waals surface area contributed by atoms with Crippen molar-refractivity contribution >= 4 is 40.1 Å². The summed E-state index contributed by atoms with van der Waals surface area (Å²) in [7, 11) is 0. The number of carbonyl (C=O) groups is 2. The molecule has 0 aliphatic rings. The molecule has 1 heterocycles. The summed E-state index contributed by atoms with van der Waals surface area (Å²) in [4.78, 5) is 35.7. The lowest BCUT2D eigenvalue weighted by Crippen LogP contribution is -2.23. The Kier molecular flexibility index (Phi) is 6.59. The first-order valence-corrected chi connectivity index (χ1v) is 9.30. The first-order valence-electron chi connectivity index (χ1n) is 8.93. The minimum Gasteiger partial charge on any atom is -0.456 e. The van der Waals surface area contributed by atoms with E-state index in [-0.39, 0.29) is 23.4 Å². The van der Waals surface area contributed by atoms with Crippen LogP contribution in [0, 0.1) is 0 Å². The van der Waals surface area contributed by atoms with E-state index in [0.717, 1.165) is 18.3 Å². The van der Waals surface area contributed by atoms with Gasteiger partial charge < -0.3 is 10.1 Å². The van der Waals surface area contributed by atoms with Crippen LogP contribution >= 0.6 is 11.6 Å². The maximum absolute atomic E-state index is 13.1. The molecule has 3 rings (SSSR count). The second kappa shape index (κ2) is 9.17. The Morgan fingerprint density at radius 1 is 1.13 bits per heavy atom. The molecule has 0 fully saturated rings. The third-order valence-corrected chi connectivity index (χ3v) is 4.55. The topological polar surface area (TPSA) is 90.3 Å². The van der Waals surface area contributed by atoms with Gasteiger partial charge in [0.05, 0.1) is 41.0 Å². The lowest BCUT2D eigenvalue weighted by atomic mass is 10.1. The van der Waals surface area contributed by atoms with Gasteiger partial charge in [-0.2, -0.15) is 18.3 Å². The highest BCUT2D eigenvalue weighted by Gasteiger charge is 2.34. The molecule has 0 unspecified atom stereocenters. The largest absolute Gasteiger partial charge is 0.456 e. The molecule has 31 heavy (non-hydrogen) atoms. The van der Waals surface area contributed by atoms with Gasteiger partial charge in [0.15, 0.2) is 6.61 Å². The third kappa shape index (κ3) is 5.40. The SMILES string of the molecule is O=C(COC(=O)CCn1ncc(=O)c2ccccc21)Nc1c(Cl)cccc1C(F)(F)F. The van der Waals surface area contributed by atoms with Gasteiger partial charge >= 0.3 is 12.1 Å². The molecule has 7 nitrogen and oxygen atoms in total. The zero-order valence-electron chi connectivity index (χ0n) is 15.8. The average Bonchev–Trinajstić information content (AvgIpc) is 2.72. The molecule has 0 atom stereocenters. The minimum atomic E-state index is -4.73. The summed E-state index contributed by atoms with van der Waals surface area (Å²) < 4.78 is 45.5. The molecule has 1 N–H and O–H groups in total. The molecule has 0 aliphatic heterocycles. The fourth-order valence-corrected chi connectivity index (χ4v) is 3.04. The summed E-state index contributed by atoms with van der Waals surface area (Å²) in [5, 5.41) is 6.13. The maximum atomic E-state index is 13.1. The molecule has 0 bridgehead atoms. The Bertz CT molecular complexity index is 1190. The highest BCUT2D eigenvalue weighted by atomic mass is 35.5. The van der Waals surface area contributed by atoms with E-state index in [9.17, 15) is 27.6 Å². The number of anilines is 1. The van der Waals surface area contributed by atoms with E-state index in [1.54, 1.807) is 24.3 Å². The number of alkyl halides is 3. The Balaban J connectivity index is 1.58. The van der Waals surface area contributed by atoms with E-state index >= 15 is 0 Å². The van der Waals surface area contributed by atoms with Crippen LogP contribution in [0.15, 0.2) is 53.5 Å². The van der Waals surface area contributed by atoms with Crippen molar-refractivity contribution < 1.29 is 27.5 Å². The molecule has 0 saturated heterocycles. The van der Waals surface area contributed by atoms with Crippen LogP contribution in [0.4, 0.5) is 18.9 Å². The van der Waals surface area contributed by atoms with E-state index < -0.39 is 35.9 Å². The summed E-state index contributed by atoms with van der Waals surface area (Å²) >= 11 is 5.76. The van der Waals surface area contributed by atoms with Gasteiger partial charge in [0, 0.05) is 5.39 Å². The van der Waals surface area contributed by atoms with Crippen molar-refractivity contribution in [3.8, 4) is 0 Å². The second-order valence-corrected chi connectivity index (χ2v) is 6.78. The first kappa shape index (κ1) is 22.3. The number of nitrogens with one attached hydrogen (secondary N) is 1. The molecule has 11 heteroatoms. The van der Waals surface area contributed by atoms with Crippen LogP contribution in [0.25, 0.3) is 10.9 Å². The highest BCUT2D eigenvalue weighted by molar-refractivity contribution is 6.34. The number of aromatic nitrogens is 2. The van der Waals surface area contributed by atoms with Crippen LogP contribution < -0.4 is 10.7 Å². The Labute approximate surface area is 178 Å². The van der Waals surface area contributed by atoms with Gasteiger partial charge in [-0.3, -0.25) is 19.1 Å². The summed E-state index contributed by atoms with van der Waals surface area (Å²) in [6.07, 6.45) is -3.77. The van der Waals surface area contributed by atoms with E-state index in [1.165, 1.54) is 10.7 Å². The van der Waals surface area contributed by atoms with Crippen molar-refractivity contribution in [2.75, 3.05) is 11.9 Å². The number of aryl methyl sites for hydroxylation is 1. The van der Waals surface area contributed by atoms with Crippen LogP contribution in [0.3, 0.4) is 0 Å². The molecule has 0 radical (unpaired) electrons. The van der Waals surface area contributed by atoms with Gasteiger partial charge in [-0.05, 0) is 24.3 Å². The molecule has 162 valence electrons. The second-order valence-electron chi connectivity index (χ2n) is 6.37. The molecule has 0 saturated carbocycles. The van der Waals surface area contributed by atoms with E-state index in [4.69, 9.17) is 16.3 Å². The van der Waals surface area contributed by atoms with E-state index in [1.807, 2.05) is 5.32 Å². The zero-order valence-corrected chi connectivity index (χ0v) is 16.5. The number of nitrogens with zero attached hydrogens (tertiary/aromatic N) is 2. The molecule has 0 spiro atoms. The number of halogens is 4. The summed E-state index contributed by atoms with van der Waals surface area (Å²) in [6.45, 7) is -0.719. The average molecular weight is 454 g/mol. The van der Waals surface area contributed by atoms with Gasteiger partial charge in [0.2, 0.25) is 5.43 Å². The number of ether oxygens (including phenoxy) is 1. The molecule has 3 aromatic rings. The molecule has 2 aromatic carbocycles. The zero-order chi connectivity index (χ0) is 22.6. The number of hydrogen-bond donors (Lipinski definition) is 1. The van der Waals surface area contributed by atoms with Crippen molar-refractivity contribution in [2.24, 2.45) is 0 Å². The normalized spacial score (nSPS) is 11.4. The van der Waals surface area contributed by atoms with Gasteiger partial charge in [-0.25, -0.2) is 0 Å². The summed E-state index contributed by atoms with van der Waals surface area (Å²) in [6, 6.07) is 9.79. The van der Waals surface area contributed by atoms with Gasteiger partial charge in [-0.15, -0.1) is 0 Å².